The van der Waals surface area contributed by atoms with Crippen LogP contribution in [-0.4, -0.2) is 20.8 Å². The van der Waals surface area contributed by atoms with E-state index in [1.165, 1.54) is 21.2 Å². The van der Waals surface area contributed by atoms with Gasteiger partial charge in [0.1, 0.15) is 0 Å². The fourth-order valence-corrected chi connectivity index (χ4v) is 13.5. The summed E-state index contributed by atoms with van der Waals surface area (Å²) in [5.74, 6) is -0.482. The maximum absolute atomic E-state index is 14.4. The van der Waals surface area contributed by atoms with Crippen LogP contribution in [0.25, 0.3) is 0 Å². The van der Waals surface area contributed by atoms with Gasteiger partial charge in [-0.3, -0.25) is 0 Å². The van der Waals surface area contributed by atoms with Gasteiger partial charge in [0.2, 0.25) is 0 Å². The second-order valence-corrected chi connectivity index (χ2v) is 17.6. The van der Waals surface area contributed by atoms with E-state index < -0.39 is 15.2 Å². The zero-order valence-electron chi connectivity index (χ0n) is 25.5. The molecule has 0 saturated heterocycles. The zero-order valence-corrected chi connectivity index (χ0v) is 27.3. The van der Waals surface area contributed by atoms with Gasteiger partial charge in [0, 0.05) is 0 Å². The molecule has 0 spiro atoms. The quantitative estimate of drug-likeness (QED) is 0.187. The normalized spacial score (nSPS) is 16.2. The molecule has 0 atom stereocenters. The standard InChI is InChI=1S/C39H34F2N2P2/c1-42-32-12-4-8-16-36(32)44(30-24-20-28(40)21-25-30)37-17-9-5-13-33(37)43(2)35-15-7-11-19-39(35)45(3,31-26-22-29(41)23-27-31)38-18-10-6-14-34(38)42/h4-27,45H,1-3H3. The van der Waals surface area contributed by atoms with E-state index in [9.17, 15) is 8.78 Å². The molecule has 0 saturated carbocycles. The Bertz CT molecular complexity index is 1900. The Labute approximate surface area is 265 Å². The molecule has 0 amide bonds. The summed E-state index contributed by atoms with van der Waals surface area (Å²) < 4.78 is 28.6. The Balaban J connectivity index is 1.62. The van der Waals surface area contributed by atoms with E-state index in [-0.39, 0.29) is 11.6 Å². The number of anilines is 4. The molecule has 1 aliphatic heterocycles. The van der Waals surface area contributed by atoms with Crippen LogP contribution in [0.3, 0.4) is 0 Å². The zero-order chi connectivity index (χ0) is 31.1. The summed E-state index contributed by atoms with van der Waals surface area (Å²) in [6, 6.07) is 48.6. The average Bonchev–Trinajstić information content (AvgIpc) is 3.09. The molecular formula is C39H34F2N2P2. The van der Waals surface area contributed by atoms with Gasteiger partial charge in [-0.2, -0.15) is 0 Å². The van der Waals surface area contributed by atoms with Gasteiger partial charge in [0.25, 0.3) is 0 Å². The average molecular weight is 631 g/mol. The summed E-state index contributed by atoms with van der Waals surface area (Å²) in [6.07, 6.45) is 0. The van der Waals surface area contributed by atoms with Crippen molar-refractivity contribution in [3.63, 3.8) is 0 Å². The fraction of sp³-hybridized carbons (Fsp3) is 0.0769. The molecule has 0 aromatic heterocycles. The van der Waals surface area contributed by atoms with Crippen molar-refractivity contribution in [3.8, 4) is 0 Å². The van der Waals surface area contributed by atoms with Crippen LogP contribution < -0.4 is 41.6 Å². The molecule has 0 fully saturated rings. The minimum absolute atomic E-state index is 0.239. The number of rotatable bonds is 2. The Hall–Kier alpha value is -4.36. The van der Waals surface area contributed by atoms with Crippen LogP contribution in [0.15, 0.2) is 146 Å². The van der Waals surface area contributed by atoms with Gasteiger partial charge >= 0.3 is 266 Å². The van der Waals surface area contributed by atoms with Crippen molar-refractivity contribution >= 4 is 69.8 Å². The molecule has 6 heteroatoms. The van der Waals surface area contributed by atoms with Crippen molar-refractivity contribution in [2.45, 2.75) is 0 Å². The summed E-state index contributed by atoms with van der Waals surface area (Å²) in [7, 11) is 0.448. The summed E-state index contributed by atoms with van der Waals surface area (Å²) in [5, 5.41) is 7.09. The third kappa shape index (κ3) is 5.03. The van der Waals surface area contributed by atoms with Crippen molar-refractivity contribution in [1.29, 1.82) is 0 Å². The summed E-state index contributed by atoms with van der Waals surface area (Å²) >= 11 is 0. The van der Waals surface area contributed by atoms with Crippen LogP contribution in [0.4, 0.5) is 31.5 Å². The van der Waals surface area contributed by atoms with Crippen LogP contribution in [0, 0.1) is 11.6 Å². The van der Waals surface area contributed by atoms with E-state index >= 15 is 0 Å². The van der Waals surface area contributed by atoms with Gasteiger partial charge in [-0.25, -0.2) is 0 Å². The molecule has 6 aromatic carbocycles. The number of benzene rings is 6. The van der Waals surface area contributed by atoms with Crippen LogP contribution in [0.1, 0.15) is 0 Å². The number of para-hydroxylation sites is 4. The van der Waals surface area contributed by atoms with E-state index in [0.29, 0.717) is 0 Å². The first-order valence-electron chi connectivity index (χ1n) is 15.0. The van der Waals surface area contributed by atoms with Crippen molar-refractivity contribution in [2.75, 3.05) is 30.6 Å². The van der Waals surface area contributed by atoms with Gasteiger partial charge in [0.15, 0.2) is 0 Å². The van der Waals surface area contributed by atoms with Crippen molar-refractivity contribution in [2.24, 2.45) is 0 Å². The van der Waals surface area contributed by atoms with Crippen LogP contribution in [0.2, 0.25) is 0 Å². The molecule has 7 rings (SSSR count). The predicted octanol–water partition coefficient (Wildman–Crippen LogP) is 7.23. The molecule has 6 aromatic rings. The summed E-state index contributed by atoms with van der Waals surface area (Å²) in [4.78, 5) is 4.63. The van der Waals surface area contributed by atoms with E-state index in [4.69, 9.17) is 0 Å². The Kier molecular flexibility index (Phi) is 7.74. The van der Waals surface area contributed by atoms with E-state index in [1.54, 1.807) is 24.3 Å². The van der Waals surface area contributed by atoms with Crippen molar-refractivity contribution in [1.82, 2.24) is 0 Å². The van der Waals surface area contributed by atoms with Crippen LogP contribution >= 0.6 is 15.2 Å². The third-order valence-corrected chi connectivity index (χ3v) is 16.1. The van der Waals surface area contributed by atoms with E-state index in [0.717, 1.165) is 33.4 Å². The first kappa shape index (κ1) is 29.4. The topological polar surface area (TPSA) is 6.48 Å². The van der Waals surface area contributed by atoms with E-state index in [2.05, 4.69) is 128 Å². The molecule has 1 heterocycles. The maximum atomic E-state index is 14.4. The molecule has 45 heavy (non-hydrogen) atoms. The minimum atomic E-state index is -2.75. The second kappa shape index (κ2) is 11.9. The van der Waals surface area contributed by atoms with Crippen LogP contribution in [-0.2, 0) is 0 Å². The number of hydrogen-bond acceptors (Lipinski definition) is 2. The monoisotopic (exact) mass is 630 g/mol. The number of halogens is 2. The Morgan fingerprint density at radius 1 is 0.467 bits per heavy atom. The number of fused-ring (bicyclic) bond motifs is 4. The van der Waals surface area contributed by atoms with Gasteiger partial charge in [-0.15, -0.1) is 0 Å². The van der Waals surface area contributed by atoms with Crippen LogP contribution in [0.5, 0.6) is 0 Å². The Morgan fingerprint density at radius 2 is 0.844 bits per heavy atom. The third-order valence-electron chi connectivity index (χ3n) is 9.08. The molecule has 0 N–H and O–H groups in total. The van der Waals surface area contributed by atoms with Gasteiger partial charge < -0.3 is 0 Å². The number of nitrogens with zero attached hydrogens (tertiary/aromatic N) is 2. The molecular weight excluding hydrogens is 596 g/mol. The molecule has 0 radical (unpaired) electrons. The first-order chi connectivity index (χ1) is 21.9. The molecule has 224 valence electrons. The molecule has 0 bridgehead atoms. The summed E-state index contributed by atoms with van der Waals surface area (Å²) in [5.41, 5.74) is 4.43. The predicted molar refractivity (Wildman–Crippen MR) is 194 cm³/mol. The first-order valence-corrected chi connectivity index (χ1v) is 18.9. The van der Waals surface area contributed by atoms with E-state index in [1.807, 2.05) is 24.3 Å². The molecule has 0 aliphatic carbocycles. The number of hydrogen-bond donors (Lipinski definition) is 0. The van der Waals surface area contributed by atoms with Gasteiger partial charge in [-0.05, 0) is 0 Å². The molecule has 0 unspecified atom stereocenters. The second-order valence-electron chi connectivity index (χ2n) is 11.6. The van der Waals surface area contributed by atoms with Crippen molar-refractivity contribution in [3.05, 3.63) is 157 Å². The molecule has 1 aliphatic rings. The van der Waals surface area contributed by atoms with Crippen molar-refractivity contribution < 1.29 is 8.78 Å². The van der Waals surface area contributed by atoms with Gasteiger partial charge in [0.05, 0.1) is 0 Å². The molecule has 2 nitrogen and oxygen atoms in total. The SMILES string of the molecule is CN1c2ccccc2P(c2ccc(F)cc2)c2ccccc2N(C)c2ccccc2[PH](C)(c2ccc(F)cc2)c2ccccc21. The fourth-order valence-electron chi connectivity index (χ4n) is 6.75. The van der Waals surface area contributed by atoms with Gasteiger partial charge in [-0.1, -0.05) is 0 Å². The summed E-state index contributed by atoms with van der Waals surface area (Å²) in [6.45, 7) is 2.38. The Morgan fingerprint density at radius 3 is 1.31 bits per heavy atom.